The lowest BCUT2D eigenvalue weighted by molar-refractivity contribution is 0.0516. The number of piperidine rings is 1. The molecule has 1 amide bonds. The second kappa shape index (κ2) is 9.82. The Bertz CT molecular complexity index is 1110. The number of aromatic nitrogens is 2. The molecule has 0 radical (unpaired) electrons. The zero-order valence-corrected chi connectivity index (χ0v) is 20.8. The highest BCUT2D eigenvalue weighted by Gasteiger charge is 2.25. The molecule has 176 valence electrons. The van der Waals surface area contributed by atoms with Gasteiger partial charge in [-0.3, -0.25) is 0 Å². The highest BCUT2D eigenvalue weighted by molar-refractivity contribution is 6.36. The molecular formula is C25H30Cl2N4O2. The van der Waals surface area contributed by atoms with E-state index in [1.807, 2.05) is 57.2 Å². The van der Waals surface area contributed by atoms with Gasteiger partial charge in [-0.1, -0.05) is 41.4 Å². The number of alkyl carbamates (subject to hydrolysis) is 1. The topological polar surface area (TPSA) is 59.4 Å². The van der Waals surface area contributed by atoms with Gasteiger partial charge in [0, 0.05) is 35.2 Å². The van der Waals surface area contributed by atoms with Crippen molar-refractivity contribution in [3.63, 3.8) is 0 Å². The van der Waals surface area contributed by atoms with Gasteiger partial charge in [0.05, 0.1) is 17.6 Å². The Morgan fingerprint density at radius 1 is 1.09 bits per heavy atom. The van der Waals surface area contributed by atoms with Gasteiger partial charge in [0.1, 0.15) is 5.60 Å². The number of nitrogens with one attached hydrogen (secondary N) is 1. The Morgan fingerprint density at radius 3 is 2.42 bits per heavy atom. The van der Waals surface area contributed by atoms with E-state index in [9.17, 15) is 4.79 Å². The molecule has 33 heavy (non-hydrogen) atoms. The van der Waals surface area contributed by atoms with E-state index in [-0.39, 0.29) is 6.09 Å². The van der Waals surface area contributed by atoms with Crippen LogP contribution in [0.4, 0.5) is 10.7 Å². The van der Waals surface area contributed by atoms with Gasteiger partial charge >= 0.3 is 6.09 Å². The van der Waals surface area contributed by atoms with Gasteiger partial charge in [-0.2, -0.15) is 0 Å². The van der Waals surface area contributed by atoms with E-state index in [1.54, 1.807) is 0 Å². The number of hydrogen-bond donors (Lipinski definition) is 1. The van der Waals surface area contributed by atoms with E-state index in [4.69, 9.17) is 32.9 Å². The Morgan fingerprint density at radius 2 is 1.76 bits per heavy atom. The molecule has 8 heteroatoms. The van der Waals surface area contributed by atoms with Gasteiger partial charge in [-0.05, 0) is 63.8 Å². The molecule has 1 aliphatic rings. The van der Waals surface area contributed by atoms with Gasteiger partial charge in [0.2, 0.25) is 5.95 Å². The summed E-state index contributed by atoms with van der Waals surface area (Å²) in [5.74, 6) is 1.33. The third-order valence-electron chi connectivity index (χ3n) is 5.84. The first-order chi connectivity index (χ1) is 15.7. The van der Waals surface area contributed by atoms with Crippen molar-refractivity contribution in [2.45, 2.75) is 45.8 Å². The maximum atomic E-state index is 12.0. The van der Waals surface area contributed by atoms with Crippen LogP contribution in [0.2, 0.25) is 10.0 Å². The monoisotopic (exact) mass is 488 g/mol. The molecule has 0 bridgehead atoms. The summed E-state index contributed by atoms with van der Waals surface area (Å²) in [7, 11) is 0. The number of amides is 1. The summed E-state index contributed by atoms with van der Waals surface area (Å²) in [6, 6.07) is 13.7. The number of ether oxygens (including phenoxy) is 1. The maximum Gasteiger partial charge on any atom is 0.407 e. The summed E-state index contributed by atoms with van der Waals surface area (Å²) in [5, 5.41) is 4.21. The van der Waals surface area contributed by atoms with Gasteiger partial charge in [0.25, 0.3) is 0 Å². The van der Waals surface area contributed by atoms with Crippen LogP contribution in [0.1, 0.15) is 39.2 Å². The molecule has 6 nitrogen and oxygen atoms in total. The lowest BCUT2D eigenvalue weighted by Crippen LogP contribution is -2.41. The van der Waals surface area contributed by atoms with Crippen molar-refractivity contribution in [2.75, 3.05) is 24.5 Å². The van der Waals surface area contributed by atoms with Crippen LogP contribution in [-0.4, -0.2) is 40.9 Å². The number of rotatable bonds is 5. The van der Waals surface area contributed by atoms with Crippen LogP contribution in [0.25, 0.3) is 11.0 Å². The molecule has 1 N–H and O–H groups in total. The highest BCUT2D eigenvalue weighted by atomic mass is 35.5. The number of carbonyl (C=O) groups excluding carboxylic acids is 1. The van der Waals surface area contributed by atoms with Crippen molar-refractivity contribution in [1.82, 2.24) is 14.9 Å². The fourth-order valence-electron chi connectivity index (χ4n) is 4.18. The molecule has 2 heterocycles. The highest BCUT2D eigenvalue weighted by Crippen LogP contribution is 2.31. The van der Waals surface area contributed by atoms with Crippen LogP contribution < -0.4 is 10.2 Å². The lowest BCUT2D eigenvalue weighted by Gasteiger charge is -2.33. The van der Waals surface area contributed by atoms with Gasteiger partial charge in [0.15, 0.2) is 0 Å². The predicted octanol–water partition coefficient (Wildman–Crippen LogP) is 6.13. The fraction of sp³-hybridized carbons (Fsp3) is 0.440. The normalized spacial score (nSPS) is 15.1. The number of halogens is 2. The average Bonchev–Trinajstić information content (AvgIpc) is 3.12. The Balaban J connectivity index is 1.48. The molecule has 4 rings (SSSR count). The molecule has 0 spiro atoms. The molecule has 1 fully saturated rings. The summed E-state index contributed by atoms with van der Waals surface area (Å²) < 4.78 is 7.55. The second-order valence-corrected chi connectivity index (χ2v) is 10.3. The second-order valence-electron chi connectivity index (χ2n) is 9.50. The van der Waals surface area contributed by atoms with Gasteiger partial charge < -0.3 is 19.5 Å². The number of carbonyl (C=O) groups is 1. The molecule has 0 aliphatic carbocycles. The third-order valence-corrected chi connectivity index (χ3v) is 6.55. The van der Waals surface area contributed by atoms with E-state index < -0.39 is 5.60 Å². The van der Waals surface area contributed by atoms with E-state index in [0.29, 0.717) is 29.1 Å². The van der Waals surface area contributed by atoms with Crippen molar-refractivity contribution in [3.05, 3.63) is 58.1 Å². The molecular weight excluding hydrogens is 459 g/mol. The van der Waals surface area contributed by atoms with Crippen LogP contribution in [-0.2, 0) is 11.3 Å². The van der Waals surface area contributed by atoms with Gasteiger partial charge in [-0.15, -0.1) is 0 Å². The minimum Gasteiger partial charge on any atom is -0.444 e. The number of para-hydroxylation sites is 2. The van der Waals surface area contributed by atoms with E-state index in [0.717, 1.165) is 48.5 Å². The summed E-state index contributed by atoms with van der Waals surface area (Å²) in [4.78, 5) is 19.2. The summed E-state index contributed by atoms with van der Waals surface area (Å²) in [6.07, 6.45) is 1.57. The molecule has 0 atom stereocenters. The van der Waals surface area contributed by atoms with E-state index in [2.05, 4.69) is 20.9 Å². The average molecular weight is 489 g/mol. The van der Waals surface area contributed by atoms with Crippen molar-refractivity contribution in [2.24, 2.45) is 5.92 Å². The molecule has 1 aliphatic heterocycles. The quantitative estimate of drug-likeness (QED) is 0.468. The standard InChI is InChI=1S/C25H30Cl2N4O2/c1-25(2,3)33-24(32)28-15-17-11-13-30(14-12-17)23-29-21-9-4-5-10-22(21)31(23)16-18-19(26)7-6-8-20(18)27/h4-10,17H,11-16H2,1-3H3,(H,28,32). The number of fused-ring (bicyclic) bond motifs is 1. The molecule has 3 aromatic rings. The Labute approximate surface area is 204 Å². The van der Waals surface area contributed by atoms with Crippen LogP contribution in [0.5, 0.6) is 0 Å². The van der Waals surface area contributed by atoms with Crippen molar-refractivity contribution < 1.29 is 9.53 Å². The molecule has 0 unspecified atom stereocenters. The first-order valence-corrected chi connectivity index (χ1v) is 12.1. The zero-order valence-electron chi connectivity index (χ0n) is 19.3. The maximum absolute atomic E-state index is 12.0. The summed E-state index contributed by atoms with van der Waals surface area (Å²) in [5.41, 5.74) is 2.40. The van der Waals surface area contributed by atoms with Crippen molar-refractivity contribution >= 4 is 46.3 Å². The number of hydrogen-bond acceptors (Lipinski definition) is 4. The first-order valence-electron chi connectivity index (χ1n) is 11.3. The van der Waals surface area contributed by atoms with Crippen LogP contribution >= 0.6 is 23.2 Å². The number of benzene rings is 2. The predicted molar refractivity (Wildman–Crippen MR) is 134 cm³/mol. The van der Waals surface area contributed by atoms with Crippen molar-refractivity contribution in [3.8, 4) is 0 Å². The zero-order chi connectivity index (χ0) is 23.6. The van der Waals surface area contributed by atoms with Crippen LogP contribution in [0.15, 0.2) is 42.5 Å². The summed E-state index contributed by atoms with van der Waals surface area (Å²) >= 11 is 13.0. The first kappa shape index (κ1) is 23.7. The number of nitrogens with zero attached hydrogens (tertiary/aromatic N) is 3. The Hall–Kier alpha value is -2.44. The Kier molecular flexibility index (Phi) is 7.05. The largest absolute Gasteiger partial charge is 0.444 e. The van der Waals surface area contributed by atoms with E-state index >= 15 is 0 Å². The SMILES string of the molecule is CC(C)(C)OC(=O)NCC1CCN(c2nc3ccccc3n2Cc2c(Cl)cccc2Cl)CC1. The fourth-order valence-corrected chi connectivity index (χ4v) is 4.70. The third kappa shape index (κ3) is 5.74. The number of imidazole rings is 1. The smallest absolute Gasteiger partial charge is 0.407 e. The molecule has 0 saturated carbocycles. The van der Waals surface area contributed by atoms with Crippen LogP contribution in [0, 0.1) is 5.92 Å². The molecule has 1 aromatic heterocycles. The molecule has 2 aromatic carbocycles. The summed E-state index contributed by atoms with van der Waals surface area (Å²) in [6.45, 7) is 8.50. The van der Waals surface area contributed by atoms with Crippen LogP contribution in [0.3, 0.4) is 0 Å². The lowest BCUT2D eigenvalue weighted by atomic mass is 9.97. The number of anilines is 1. The van der Waals surface area contributed by atoms with Crippen molar-refractivity contribution in [1.29, 1.82) is 0 Å². The van der Waals surface area contributed by atoms with Gasteiger partial charge in [-0.25, -0.2) is 9.78 Å². The minimum atomic E-state index is -0.489. The van der Waals surface area contributed by atoms with E-state index in [1.165, 1.54) is 0 Å². The molecule has 1 saturated heterocycles. The minimum absolute atomic E-state index is 0.358.